The first-order valence-corrected chi connectivity index (χ1v) is 9.80. The van der Waals surface area contributed by atoms with Crippen LogP contribution in [0, 0.1) is 5.92 Å². The molecular weight excluding hydrogens is 334 g/mol. The molecule has 2 fully saturated rings. The summed E-state index contributed by atoms with van der Waals surface area (Å²) >= 11 is 2.69. The number of thioether (sulfide) groups is 2. The van der Waals surface area contributed by atoms with Crippen LogP contribution in [-0.2, 0) is 20.4 Å². The smallest absolute Gasteiger partial charge is 0.354 e. The molecule has 0 spiro atoms. The molecule has 0 radical (unpaired) electrons. The quantitative estimate of drug-likeness (QED) is 0.707. The topological polar surface area (TPSA) is 94.9 Å². The van der Waals surface area contributed by atoms with E-state index < -0.39 is 16.8 Å². The minimum absolute atomic E-state index is 0.0260. The van der Waals surface area contributed by atoms with Crippen LogP contribution in [0.5, 0.6) is 0 Å². The third-order valence-electron chi connectivity index (χ3n) is 3.78. The summed E-state index contributed by atoms with van der Waals surface area (Å²) in [5, 5.41) is 18.1. The largest absolute Gasteiger partial charge is 0.477 e. The van der Waals surface area contributed by atoms with E-state index in [1.54, 1.807) is 0 Å². The van der Waals surface area contributed by atoms with Gasteiger partial charge in [0, 0.05) is 23.2 Å². The van der Waals surface area contributed by atoms with Crippen LogP contribution in [0.15, 0.2) is 9.93 Å². The van der Waals surface area contributed by atoms with Crippen LogP contribution in [0.25, 0.3) is 0 Å². The lowest BCUT2D eigenvalue weighted by atomic mass is 9.94. The Labute approximate surface area is 132 Å². The summed E-state index contributed by atoms with van der Waals surface area (Å²) in [6.45, 7) is -0.0845. The van der Waals surface area contributed by atoms with E-state index in [9.17, 15) is 18.9 Å². The fourth-order valence-corrected chi connectivity index (χ4v) is 7.99. The molecule has 116 valence electrons. The molecule has 1 amide bonds. The van der Waals surface area contributed by atoms with E-state index in [0.29, 0.717) is 16.4 Å². The van der Waals surface area contributed by atoms with Crippen molar-refractivity contribution >= 4 is 46.2 Å². The zero-order chi connectivity index (χ0) is 15.1. The zero-order valence-electron chi connectivity index (χ0n) is 11.1. The monoisotopic (exact) mass is 349 g/mol. The van der Waals surface area contributed by atoms with E-state index >= 15 is 0 Å². The van der Waals surface area contributed by atoms with Gasteiger partial charge in [-0.1, -0.05) is 23.5 Å². The minimum atomic E-state index is -1.12. The highest BCUT2D eigenvalue weighted by molar-refractivity contribution is 8.26. The Kier molecular flexibility index (Phi) is 4.35. The molecule has 2 unspecified atom stereocenters. The number of nitrogens with zero attached hydrogens (tertiary/aromatic N) is 1. The van der Waals surface area contributed by atoms with Crippen LogP contribution in [-0.4, -0.2) is 53.5 Å². The molecule has 21 heavy (non-hydrogen) atoms. The lowest BCUT2D eigenvalue weighted by molar-refractivity contribution is -0.152. The lowest BCUT2D eigenvalue weighted by Gasteiger charge is -2.41. The summed E-state index contributed by atoms with van der Waals surface area (Å²) in [6.07, 6.45) is 2.06. The van der Waals surface area contributed by atoms with Crippen LogP contribution < -0.4 is 0 Å². The minimum Gasteiger partial charge on any atom is -0.477 e. The molecule has 0 saturated carbocycles. The molecule has 3 aliphatic heterocycles. The molecule has 3 aliphatic rings. The number of aliphatic carboxylic acids is 1. The fourth-order valence-electron chi connectivity index (χ4n) is 2.73. The summed E-state index contributed by atoms with van der Waals surface area (Å²) in [4.78, 5) is 24.8. The maximum absolute atomic E-state index is 12.0. The number of carboxylic acids is 1. The first-order valence-electron chi connectivity index (χ1n) is 6.66. The Morgan fingerprint density at radius 2 is 2.29 bits per heavy atom. The lowest BCUT2D eigenvalue weighted by Crippen LogP contribution is -2.57. The average Bonchev–Trinajstić information content (AvgIpc) is 2.99. The third-order valence-corrected chi connectivity index (χ3v) is 8.89. The predicted octanol–water partition coefficient (Wildman–Crippen LogP) is 0.756. The molecule has 2 N–H and O–H groups in total. The molecule has 4 atom stereocenters. The number of aliphatic hydroxyl groups is 1. The summed E-state index contributed by atoms with van der Waals surface area (Å²) in [5.41, 5.74) is 0.0260. The van der Waals surface area contributed by atoms with Crippen molar-refractivity contribution in [2.24, 2.45) is 5.92 Å². The summed E-state index contributed by atoms with van der Waals surface area (Å²) in [5.74, 6) is -1.01. The highest BCUT2D eigenvalue weighted by atomic mass is 32.2. The number of carbonyl (C=O) groups is 2. The number of hydrogen-bond donors (Lipinski definition) is 2. The number of aliphatic hydroxyl groups excluding tert-OH is 1. The molecule has 0 aromatic carbocycles. The number of amides is 1. The van der Waals surface area contributed by atoms with Gasteiger partial charge in [0.25, 0.3) is 0 Å². The van der Waals surface area contributed by atoms with Crippen LogP contribution in [0.1, 0.15) is 19.3 Å². The van der Waals surface area contributed by atoms with Gasteiger partial charge in [0.2, 0.25) is 5.91 Å². The van der Waals surface area contributed by atoms with Crippen LogP contribution >= 0.6 is 23.5 Å². The highest BCUT2D eigenvalue weighted by Crippen LogP contribution is 2.55. The third kappa shape index (κ3) is 2.54. The number of hydrogen-bond acceptors (Lipinski definition) is 6. The number of carboxylic acid groups (broad SMARTS) is 1. The highest BCUT2D eigenvalue weighted by Gasteiger charge is 2.56. The standard InChI is InChI=1S/C12H15NO5S3/c14-4-3-6-9(15)13-8(11(16)17)12(20-10(6)13)19-7-2-1-5-21(7)18/h6-7,10,14H,1-5H2,(H,16,17)/t6?,7?,10-,21+/m0/s1. The van der Waals surface area contributed by atoms with Crippen LogP contribution in [0.3, 0.4) is 0 Å². The van der Waals surface area contributed by atoms with Gasteiger partial charge in [0.15, 0.2) is 5.70 Å². The molecule has 9 heteroatoms. The van der Waals surface area contributed by atoms with Crippen LogP contribution in [0.4, 0.5) is 0 Å². The number of fused-ring (bicyclic) bond motifs is 1. The van der Waals surface area contributed by atoms with Gasteiger partial charge >= 0.3 is 5.97 Å². The normalized spacial score (nSPS) is 35.1. The first-order chi connectivity index (χ1) is 10.0. The van der Waals surface area contributed by atoms with Gasteiger partial charge in [0.1, 0.15) is 0 Å². The van der Waals surface area contributed by atoms with Gasteiger partial charge in [0.05, 0.1) is 20.1 Å². The Balaban J connectivity index is 1.80. The van der Waals surface area contributed by atoms with Crippen molar-refractivity contribution in [2.45, 2.75) is 29.2 Å². The maximum Gasteiger partial charge on any atom is 0.354 e. The summed E-state index contributed by atoms with van der Waals surface area (Å²) in [7, 11) is -0.929. The summed E-state index contributed by atoms with van der Waals surface area (Å²) in [6, 6.07) is 0. The van der Waals surface area contributed by atoms with Crippen molar-refractivity contribution in [3.05, 3.63) is 9.93 Å². The second-order valence-corrected chi connectivity index (χ2v) is 9.69. The molecule has 2 saturated heterocycles. The second-order valence-electron chi connectivity index (χ2n) is 5.05. The molecule has 0 aromatic rings. The van der Waals surface area contributed by atoms with E-state index in [1.807, 2.05) is 0 Å². The number of carbonyl (C=O) groups excluding carboxylic acids is 1. The Hall–Kier alpha value is -0.510. The maximum atomic E-state index is 12.0. The zero-order valence-corrected chi connectivity index (χ0v) is 13.5. The van der Waals surface area contributed by atoms with E-state index in [-0.39, 0.29) is 34.1 Å². The number of β-lactam (4-membered cyclic amide) rings is 1. The van der Waals surface area contributed by atoms with E-state index in [4.69, 9.17) is 5.11 Å². The molecule has 0 bridgehead atoms. The van der Waals surface area contributed by atoms with E-state index in [0.717, 1.165) is 12.8 Å². The van der Waals surface area contributed by atoms with Gasteiger partial charge < -0.3 is 10.2 Å². The molecular formula is C12H15NO5S3. The van der Waals surface area contributed by atoms with Crippen molar-refractivity contribution in [3.8, 4) is 0 Å². The molecule has 3 heterocycles. The van der Waals surface area contributed by atoms with Crippen LogP contribution in [0.2, 0.25) is 0 Å². The second kappa shape index (κ2) is 5.94. The molecule has 6 nitrogen and oxygen atoms in total. The van der Waals surface area contributed by atoms with Gasteiger partial charge in [-0.15, -0.1) is 0 Å². The molecule has 0 aliphatic carbocycles. The van der Waals surface area contributed by atoms with Gasteiger partial charge in [-0.05, 0) is 19.3 Å². The van der Waals surface area contributed by atoms with Gasteiger partial charge in [-0.25, -0.2) is 4.79 Å². The van der Waals surface area contributed by atoms with Crippen molar-refractivity contribution in [2.75, 3.05) is 12.4 Å². The van der Waals surface area contributed by atoms with Gasteiger partial charge in [-0.3, -0.25) is 13.9 Å². The van der Waals surface area contributed by atoms with Crippen molar-refractivity contribution in [1.29, 1.82) is 0 Å². The Morgan fingerprint density at radius 1 is 1.52 bits per heavy atom. The summed E-state index contributed by atoms with van der Waals surface area (Å²) < 4.78 is 12.4. The van der Waals surface area contributed by atoms with Crippen molar-refractivity contribution in [3.63, 3.8) is 0 Å². The Bertz CT molecular complexity index is 549. The number of rotatable bonds is 5. The fraction of sp³-hybridized carbons (Fsp3) is 0.667. The molecule has 0 aromatic heterocycles. The predicted molar refractivity (Wildman–Crippen MR) is 81.7 cm³/mol. The van der Waals surface area contributed by atoms with E-state index in [1.165, 1.54) is 28.4 Å². The Morgan fingerprint density at radius 3 is 2.86 bits per heavy atom. The first kappa shape index (κ1) is 15.4. The van der Waals surface area contributed by atoms with E-state index in [2.05, 4.69) is 0 Å². The van der Waals surface area contributed by atoms with Crippen molar-refractivity contribution < 1.29 is 24.0 Å². The SMILES string of the molecule is O=C(O)C1=C(SC2CCC[S@]2=O)S[C@H]2C(CCO)C(=O)N12. The van der Waals surface area contributed by atoms with Gasteiger partial charge in [-0.2, -0.15) is 0 Å². The van der Waals surface area contributed by atoms with Crippen molar-refractivity contribution in [1.82, 2.24) is 4.90 Å². The average molecular weight is 349 g/mol. The molecule has 3 rings (SSSR count).